The molecule has 0 spiro atoms. The minimum atomic E-state index is -0.0424. The first kappa shape index (κ1) is 15.0. The average molecular weight is 401 g/mol. The second kappa shape index (κ2) is 6.48. The van der Waals surface area contributed by atoms with Crippen molar-refractivity contribution in [3.8, 4) is 0 Å². The highest BCUT2D eigenvalue weighted by atomic mass is 127. The molecule has 22 heavy (non-hydrogen) atoms. The van der Waals surface area contributed by atoms with Crippen LogP contribution in [0.5, 0.6) is 0 Å². The molecule has 3 heteroatoms. The molecule has 0 bridgehead atoms. The molecule has 3 rings (SSSR count). The molecule has 0 saturated carbocycles. The Labute approximate surface area is 143 Å². The molecule has 2 nitrogen and oxygen atoms in total. The second-order valence-electron chi connectivity index (χ2n) is 5.31. The summed E-state index contributed by atoms with van der Waals surface area (Å²) in [6, 6.07) is 22.1. The third-order valence-corrected chi connectivity index (χ3v) is 4.38. The molecule has 3 aromatic carbocycles. The highest BCUT2D eigenvalue weighted by Gasteiger charge is 2.12. The Morgan fingerprint density at radius 2 is 1.73 bits per heavy atom. The second-order valence-corrected chi connectivity index (χ2v) is 6.56. The Balaban J connectivity index is 1.80. The molecular weight excluding hydrogens is 385 g/mol. The highest BCUT2D eigenvalue weighted by molar-refractivity contribution is 14.1. The zero-order valence-corrected chi connectivity index (χ0v) is 14.4. The van der Waals surface area contributed by atoms with E-state index in [1.54, 1.807) is 0 Å². The van der Waals surface area contributed by atoms with Crippen LogP contribution in [0.2, 0.25) is 0 Å². The maximum Gasteiger partial charge on any atom is 0.251 e. The summed E-state index contributed by atoms with van der Waals surface area (Å²) in [4.78, 5) is 12.3. The fourth-order valence-electron chi connectivity index (χ4n) is 2.47. The van der Waals surface area contributed by atoms with Crippen LogP contribution in [0.15, 0.2) is 66.7 Å². The fraction of sp³-hybridized carbons (Fsp3) is 0.105. The van der Waals surface area contributed by atoms with E-state index >= 15 is 0 Å². The van der Waals surface area contributed by atoms with Crippen molar-refractivity contribution >= 4 is 39.3 Å². The number of hydrogen-bond acceptors (Lipinski definition) is 1. The van der Waals surface area contributed by atoms with Crippen LogP contribution >= 0.6 is 22.6 Å². The van der Waals surface area contributed by atoms with Crippen LogP contribution in [-0.2, 0) is 0 Å². The number of fused-ring (bicyclic) bond motifs is 1. The lowest BCUT2D eigenvalue weighted by atomic mass is 10.0. The lowest BCUT2D eigenvalue weighted by Crippen LogP contribution is -2.26. The van der Waals surface area contributed by atoms with Crippen molar-refractivity contribution < 1.29 is 4.79 Å². The Hall–Kier alpha value is -1.88. The summed E-state index contributed by atoms with van der Waals surface area (Å²) in [6.45, 7) is 2.01. The van der Waals surface area contributed by atoms with Crippen molar-refractivity contribution in [1.29, 1.82) is 0 Å². The Bertz CT molecular complexity index is 828. The summed E-state index contributed by atoms with van der Waals surface area (Å²) in [5, 5.41) is 5.46. The van der Waals surface area contributed by atoms with Crippen LogP contribution in [0.3, 0.4) is 0 Å². The minimum absolute atomic E-state index is 0.0324. The summed E-state index contributed by atoms with van der Waals surface area (Å²) in [6.07, 6.45) is 0. The predicted molar refractivity (Wildman–Crippen MR) is 99.0 cm³/mol. The van der Waals surface area contributed by atoms with E-state index in [0.717, 1.165) is 9.13 Å². The van der Waals surface area contributed by atoms with Crippen LogP contribution in [0.25, 0.3) is 10.8 Å². The molecule has 0 aromatic heterocycles. The summed E-state index contributed by atoms with van der Waals surface area (Å²) < 4.78 is 1.06. The topological polar surface area (TPSA) is 29.1 Å². The van der Waals surface area contributed by atoms with Gasteiger partial charge < -0.3 is 5.32 Å². The van der Waals surface area contributed by atoms with Crippen LogP contribution in [-0.4, -0.2) is 5.91 Å². The van der Waals surface area contributed by atoms with Gasteiger partial charge in [0.15, 0.2) is 0 Å². The smallest absolute Gasteiger partial charge is 0.251 e. The average Bonchev–Trinajstić information content (AvgIpc) is 2.54. The standard InChI is InChI=1S/C19H16INO/c1-13(21-19(22)17-7-4-8-18(20)12-17)15-10-9-14-5-2-3-6-16(14)11-15/h2-13H,1H3,(H,21,22)/t13-/m0/s1. The number of rotatable bonds is 3. The van der Waals surface area contributed by atoms with Crippen molar-refractivity contribution in [2.24, 2.45) is 0 Å². The first-order valence-electron chi connectivity index (χ1n) is 7.18. The summed E-state index contributed by atoms with van der Waals surface area (Å²) in [7, 11) is 0. The number of hydrogen-bond donors (Lipinski definition) is 1. The van der Waals surface area contributed by atoms with Crippen LogP contribution in [0, 0.1) is 3.57 Å². The van der Waals surface area contributed by atoms with Gasteiger partial charge in [0.2, 0.25) is 0 Å². The predicted octanol–water partition coefficient (Wildman–Crippen LogP) is 4.94. The van der Waals surface area contributed by atoms with E-state index in [1.807, 2.05) is 43.3 Å². The molecule has 0 aliphatic rings. The molecule has 1 N–H and O–H groups in total. The number of amides is 1. The van der Waals surface area contributed by atoms with E-state index in [2.05, 4.69) is 58.2 Å². The maximum absolute atomic E-state index is 12.3. The number of carbonyl (C=O) groups excluding carboxylic acids is 1. The molecule has 3 aromatic rings. The quantitative estimate of drug-likeness (QED) is 0.620. The van der Waals surface area contributed by atoms with Gasteiger partial charge in [-0.15, -0.1) is 0 Å². The summed E-state index contributed by atoms with van der Waals surface area (Å²) in [5.41, 5.74) is 1.80. The van der Waals surface area contributed by atoms with E-state index in [4.69, 9.17) is 0 Å². The van der Waals surface area contributed by atoms with Gasteiger partial charge in [-0.1, -0.05) is 42.5 Å². The Kier molecular flexibility index (Phi) is 4.43. The lowest BCUT2D eigenvalue weighted by molar-refractivity contribution is 0.0940. The van der Waals surface area contributed by atoms with Gasteiger partial charge in [-0.3, -0.25) is 4.79 Å². The molecule has 0 saturated heterocycles. The van der Waals surface area contributed by atoms with Gasteiger partial charge in [-0.05, 0) is 70.1 Å². The van der Waals surface area contributed by atoms with Gasteiger partial charge in [0.25, 0.3) is 5.91 Å². The normalized spacial score (nSPS) is 12.1. The third-order valence-electron chi connectivity index (χ3n) is 3.71. The van der Waals surface area contributed by atoms with Crippen LogP contribution in [0.1, 0.15) is 28.9 Å². The molecular formula is C19H16INO. The van der Waals surface area contributed by atoms with Gasteiger partial charge in [0.1, 0.15) is 0 Å². The van der Waals surface area contributed by atoms with E-state index in [-0.39, 0.29) is 11.9 Å². The van der Waals surface area contributed by atoms with Gasteiger partial charge in [0.05, 0.1) is 6.04 Å². The van der Waals surface area contributed by atoms with Gasteiger partial charge in [0, 0.05) is 9.13 Å². The molecule has 0 fully saturated rings. The van der Waals surface area contributed by atoms with Gasteiger partial charge in [-0.2, -0.15) is 0 Å². The van der Waals surface area contributed by atoms with E-state index in [9.17, 15) is 4.79 Å². The molecule has 0 radical (unpaired) electrons. The summed E-state index contributed by atoms with van der Waals surface area (Å²) >= 11 is 2.21. The van der Waals surface area contributed by atoms with Crippen molar-refractivity contribution in [1.82, 2.24) is 5.32 Å². The molecule has 0 aliphatic heterocycles. The Morgan fingerprint density at radius 3 is 2.50 bits per heavy atom. The molecule has 0 heterocycles. The van der Waals surface area contributed by atoms with E-state index in [0.29, 0.717) is 5.56 Å². The fourth-order valence-corrected chi connectivity index (χ4v) is 3.01. The number of carbonyl (C=O) groups is 1. The zero-order valence-electron chi connectivity index (χ0n) is 12.2. The van der Waals surface area contributed by atoms with Gasteiger partial charge in [-0.25, -0.2) is 0 Å². The molecule has 1 amide bonds. The zero-order chi connectivity index (χ0) is 15.5. The molecule has 1 atom stereocenters. The maximum atomic E-state index is 12.3. The summed E-state index contributed by atoms with van der Waals surface area (Å²) in [5.74, 6) is -0.0424. The first-order chi connectivity index (χ1) is 10.6. The lowest BCUT2D eigenvalue weighted by Gasteiger charge is -2.15. The van der Waals surface area contributed by atoms with Crippen molar-refractivity contribution in [2.45, 2.75) is 13.0 Å². The van der Waals surface area contributed by atoms with Crippen LogP contribution < -0.4 is 5.32 Å². The number of nitrogens with one attached hydrogen (secondary N) is 1. The van der Waals surface area contributed by atoms with Crippen molar-refractivity contribution in [3.05, 3.63) is 81.4 Å². The molecule has 0 unspecified atom stereocenters. The monoisotopic (exact) mass is 401 g/mol. The molecule has 0 aliphatic carbocycles. The Morgan fingerprint density at radius 1 is 0.955 bits per heavy atom. The third kappa shape index (κ3) is 3.30. The van der Waals surface area contributed by atoms with E-state index in [1.165, 1.54) is 10.8 Å². The SMILES string of the molecule is C[C@H](NC(=O)c1cccc(I)c1)c1ccc2ccccc2c1. The molecule has 110 valence electrons. The van der Waals surface area contributed by atoms with E-state index < -0.39 is 0 Å². The highest BCUT2D eigenvalue weighted by Crippen LogP contribution is 2.20. The number of benzene rings is 3. The van der Waals surface area contributed by atoms with Crippen molar-refractivity contribution in [2.75, 3.05) is 0 Å². The number of halogens is 1. The largest absolute Gasteiger partial charge is 0.346 e. The van der Waals surface area contributed by atoms with Crippen molar-refractivity contribution in [3.63, 3.8) is 0 Å². The first-order valence-corrected chi connectivity index (χ1v) is 8.26. The van der Waals surface area contributed by atoms with Gasteiger partial charge >= 0.3 is 0 Å². The minimum Gasteiger partial charge on any atom is -0.346 e. The van der Waals surface area contributed by atoms with Crippen LogP contribution in [0.4, 0.5) is 0 Å².